The van der Waals surface area contributed by atoms with E-state index in [1.54, 1.807) is 41.5 Å². The van der Waals surface area contributed by atoms with Crippen molar-refractivity contribution in [2.45, 2.75) is 58.9 Å². The van der Waals surface area contributed by atoms with Gasteiger partial charge in [-0.3, -0.25) is 4.84 Å². The Morgan fingerprint density at radius 1 is 1.00 bits per heavy atom. The lowest BCUT2D eigenvalue weighted by Gasteiger charge is -2.20. The predicted molar refractivity (Wildman–Crippen MR) is 74.5 cm³/mol. The Bertz CT molecular complexity index is 349. The number of alkyl halides is 1. The lowest BCUT2D eigenvalue weighted by molar-refractivity contribution is -0.0220. The van der Waals surface area contributed by atoms with E-state index in [2.05, 4.69) is 10.2 Å². The van der Waals surface area contributed by atoms with Crippen LogP contribution >= 0.6 is 0 Å². The molecule has 0 heterocycles. The monoisotopic (exact) mass is 308 g/mol. The van der Waals surface area contributed by atoms with E-state index in [9.17, 15) is 14.0 Å². The number of rotatable bonds is 5. The summed E-state index contributed by atoms with van der Waals surface area (Å²) >= 11 is 0. The number of ether oxygens (including phenoxy) is 2. The van der Waals surface area contributed by atoms with Gasteiger partial charge in [0.2, 0.25) is 0 Å². The summed E-state index contributed by atoms with van der Waals surface area (Å²) in [5.74, 6) is 0. The van der Waals surface area contributed by atoms with Crippen LogP contribution in [0.4, 0.5) is 14.0 Å². The number of hydrogen-bond donors (Lipinski definition) is 2. The summed E-state index contributed by atoms with van der Waals surface area (Å²) in [4.78, 5) is 27.1. The molecule has 0 saturated heterocycles. The predicted octanol–water partition coefficient (Wildman–Crippen LogP) is 2.31. The molecule has 2 amide bonds. The molecule has 0 fully saturated rings. The Hall–Kier alpha value is -1.57. The van der Waals surface area contributed by atoms with Gasteiger partial charge in [0, 0.05) is 0 Å². The Balaban J connectivity index is 3.79. The Morgan fingerprint density at radius 2 is 1.48 bits per heavy atom. The molecule has 7 nitrogen and oxygen atoms in total. The molecule has 0 aliphatic heterocycles. The van der Waals surface area contributed by atoms with Crippen molar-refractivity contribution in [3.63, 3.8) is 0 Å². The van der Waals surface area contributed by atoms with Gasteiger partial charge in [0.05, 0.1) is 6.54 Å². The average Bonchev–Trinajstić information content (AvgIpc) is 2.21. The molecule has 0 aromatic carbocycles. The van der Waals surface area contributed by atoms with Crippen LogP contribution in [0.2, 0.25) is 0 Å². The van der Waals surface area contributed by atoms with Crippen molar-refractivity contribution >= 4 is 12.2 Å². The number of carbonyl (C=O) groups is 2. The highest BCUT2D eigenvalue weighted by Crippen LogP contribution is 2.07. The molecule has 0 aliphatic carbocycles. The largest absolute Gasteiger partial charge is 0.444 e. The molecule has 1 atom stereocenters. The van der Waals surface area contributed by atoms with Gasteiger partial charge in [0.15, 0.2) is 0 Å². The zero-order chi connectivity index (χ0) is 16.7. The lowest BCUT2D eigenvalue weighted by Crippen LogP contribution is -2.38. The highest BCUT2D eigenvalue weighted by Gasteiger charge is 2.18. The van der Waals surface area contributed by atoms with Crippen molar-refractivity contribution in [2.75, 3.05) is 13.2 Å². The van der Waals surface area contributed by atoms with Crippen LogP contribution in [0.5, 0.6) is 0 Å². The summed E-state index contributed by atoms with van der Waals surface area (Å²) in [6.07, 6.45) is -3.02. The van der Waals surface area contributed by atoms with E-state index in [-0.39, 0.29) is 6.54 Å². The number of halogens is 1. The molecule has 8 heteroatoms. The third kappa shape index (κ3) is 13.2. The van der Waals surface area contributed by atoms with Gasteiger partial charge in [-0.2, -0.15) is 5.48 Å². The van der Waals surface area contributed by atoms with Crippen LogP contribution in [0.3, 0.4) is 0 Å². The molecule has 0 rings (SSSR count). The highest BCUT2D eigenvalue weighted by molar-refractivity contribution is 5.67. The van der Waals surface area contributed by atoms with Gasteiger partial charge < -0.3 is 14.8 Å². The molecule has 1 unspecified atom stereocenters. The molecule has 0 bridgehead atoms. The molecule has 0 saturated carbocycles. The number of hydrogen-bond acceptors (Lipinski definition) is 5. The first-order valence-corrected chi connectivity index (χ1v) is 6.61. The molecule has 0 spiro atoms. The van der Waals surface area contributed by atoms with Crippen molar-refractivity contribution in [2.24, 2.45) is 0 Å². The molecule has 0 aliphatic rings. The second-order valence-electron chi connectivity index (χ2n) is 6.40. The summed E-state index contributed by atoms with van der Waals surface area (Å²) < 4.78 is 23.2. The smallest absolute Gasteiger partial charge is 0.431 e. The van der Waals surface area contributed by atoms with E-state index in [0.29, 0.717) is 0 Å². The van der Waals surface area contributed by atoms with Gasteiger partial charge in [0.25, 0.3) is 0 Å². The minimum Gasteiger partial charge on any atom is -0.444 e. The van der Waals surface area contributed by atoms with E-state index < -0.39 is 36.2 Å². The van der Waals surface area contributed by atoms with Crippen LogP contribution in [-0.2, 0) is 14.3 Å². The Kier molecular flexibility index (Phi) is 7.42. The fraction of sp³-hybridized carbons (Fsp3) is 0.846. The summed E-state index contributed by atoms with van der Waals surface area (Å²) in [7, 11) is 0. The van der Waals surface area contributed by atoms with Gasteiger partial charge in [0.1, 0.15) is 24.0 Å². The Morgan fingerprint density at radius 3 is 1.95 bits per heavy atom. The average molecular weight is 308 g/mol. The van der Waals surface area contributed by atoms with E-state index in [1.165, 1.54) is 0 Å². The standard InChI is InChI=1S/C13H25FN2O5/c1-12(2,3)20-10(17)15-7-9(14)8-19-16-11(18)21-13(4,5)6/h9H,7-8H2,1-6H3,(H,15,17)(H,16,18). The molecule has 0 aromatic heterocycles. The number of carbonyl (C=O) groups excluding carboxylic acids is 2. The van der Waals surface area contributed by atoms with Gasteiger partial charge in [-0.15, -0.1) is 0 Å². The fourth-order valence-corrected chi connectivity index (χ4v) is 1.06. The first-order valence-electron chi connectivity index (χ1n) is 6.61. The summed E-state index contributed by atoms with van der Waals surface area (Å²) in [6, 6.07) is 0. The van der Waals surface area contributed by atoms with Crippen LogP contribution in [0.1, 0.15) is 41.5 Å². The van der Waals surface area contributed by atoms with E-state index >= 15 is 0 Å². The molecule has 2 N–H and O–H groups in total. The number of amides is 2. The number of alkyl carbamates (subject to hydrolysis) is 1. The van der Waals surface area contributed by atoms with Crippen LogP contribution < -0.4 is 10.8 Å². The normalized spacial score (nSPS) is 13.3. The van der Waals surface area contributed by atoms with Crippen LogP contribution in [-0.4, -0.2) is 42.7 Å². The SMILES string of the molecule is CC(C)(C)OC(=O)NCC(F)CONC(=O)OC(C)(C)C. The minimum absolute atomic E-state index is 0.287. The lowest BCUT2D eigenvalue weighted by atomic mass is 10.2. The molecule has 124 valence electrons. The molecule has 0 aromatic rings. The van der Waals surface area contributed by atoms with Crippen molar-refractivity contribution < 1.29 is 28.3 Å². The first kappa shape index (κ1) is 19.4. The number of nitrogens with one attached hydrogen (secondary N) is 2. The first-order chi connectivity index (χ1) is 9.39. The summed E-state index contributed by atoms with van der Waals surface area (Å²) in [5, 5.41) is 2.26. The second kappa shape index (κ2) is 8.02. The third-order valence-corrected chi connectivity index (χ3v) is 1.69. The van der Waals surface area contributed by atoms with E-state index in [0.717, 1.165) is 0 Å². The van der Waals surface area contributed by atoms with E-state index in [4.69, 9.17) is 9.47 Å². The van der Waals surface area contributed by atoms with Gasteiger partial charge in [-0.05, 0) is 41.5 Å². The zero-order valence-corrected chi connectivity index (χ0v) is 13.4. The highest BCUT2D eigenvalue weighted by atomic mass is 19.1. The van der Waals surface area contributed by atoms with Crippen molar-refractivity contribution in [3.05, 3.63) is 0 Å². The van der Waals surface area contributed by atoms with Gasteiger partial charge in [-0.25, -0.2) is 14.0 Å². The molecule has 21 heavy (non-hydrogen) atoms. The van der Waals surface area contributed by atoms with Crippen LogP contribution in [0.25, 0.3) is 0 Å². The summed E-state index contributed by atoms with van der Waals surface area (Å²) in [6.45, 7) is 9.47. The maximum Gasteiger partial charge on any atom is 0.431 e. The van der Waals surface area contributed by atoms with Crippen molar-refractivity contribution in [1.29, 1.82) is 0 Å². The minimum atomic E-state index is -1.49. The molecular formula is C13H25FN2O5. The van der Waals surface area contributed by atoms with E-state index in [1.807, 2.05) is 5.48 Å². The van der Waals surface area contributed by atoms with Crippen LogP contribution in [0, 0.1) is 0 Å². The maximum absolute atomic E-state index is 13.4. The number of hydroxylamine groups is 1. The van der Waals surface area contributed by atoms with Crippen LogP contribution in [0.15, 0.2) is 0 Å². The topological polar surface area (TPSA) is 85.9 Å². The maximum atomic E-state index is 13.4. The summed E-state index contributed by atoms with van der Waals surface area (Å²) in [5.41, 5.74) is 0.637. The molecular weight excluding hydrogens is 283 g/mol. The zero-order valence-electron chi connectivity index (χ0n) is 13.4. The fourth-order valence-electron chi connectivity index (χ4n) is 1.06. The van der Waals surface area contributed by atoms with Crippen molar-refractivity contribution in [1.82, 2.24) is 10.8 Å². The molecule has 0 radical (unpaired) electrons. The van der Waals surface area contributed by atoms with Gasteiger partial charge >= 0.3 is 12.2 Å². The Labute approximate surface area is 124 Å². The van der Waals surface area contributed by atoms with Gasteiger partial charge in [-0.1, -0.05) is 0 Å². The van der Waals surface area contributed by atoms with Crippen molar-refractivity contribution in [3.8, 4) is 0 Å². The second-order valence-corrected chi connectivity index (χ2v) is 6.40. The third-order valence-electron chi connectivity index (χ3n) is 1.69. The quantitative estimate of drug-likeness (QED) is 0.761.